The first-order valence-electron chi connectivity index (χ1n) is 13.5. The van der Waals surface area contributed by atoms with E-state index in [4.69, 9.17) is 9.47 Å². The van der Waals surface area contributed by atoms with Crippen molar-refractivity contribution in [3.8, 4) is 11.5 Å². The molecule has 0 spiro atoms. The first kappa shape index (κ1) is 29.8. The standard InChI is InChI=1S/C30H41N3O6/c1-7-19(2)25(32-29(37)39-30(3,4)5)28(36)33(22-9-8-10-22)26(20-11-15-23(34)16-12-20)27(35)31-21-13-17-24(38-6)18-14-21/h11-19,22,25-26,34H,7-10H2,1-6H3,(H,31,35)(H,32,37). The van der Waals surface area contributed by atoms with Gasteiger partial charge in [-0.1, -0.05) is 32.4 Å². The van der Waals surface area contributed by atoms with Crippen molar-refractivity contribution >= 4 is 23.6 Å². The molecular weight excluding hydrogens is 498 g/mol. The number of amides is 3. The predicted octanol–water partition coefficient (Wildman–Crippen LogP) is 5.40. The summed E-state index contributed by atoms with van der Waals surface area (Å²) in [7, 11) is 1.57. The first-order chi connectivity index (χ1) is 18.4. The Balaban J connectivity index is 2.01. The fourth-order valence-corrected chi connectivity index (χ4v) is 4.44. The van der Waals surface area contributed by atoms with Gasteiger partial charge in [-0.15, -0.1) is 0 Å². The Morgan fingerprint density at radius 2 is 1.67 bits per heavy atom. The summed E-state index contributed by atoms with van der Waals surface area (Å²) in [4.78, 5) is 42.6. The second-order valence-electron chi connectivity index (χ2n) is 11.1. The Bertz CT molecular complexity index is 1120. The number of nitrogens with zero attached hydrogens (tertiary/aromatic N) is 1. The third-order valence-corrected chi connectivity index (χ3v) is 6.97. The molecule has 9 heteroatoms. The summed E-state index contributed by atoms with van der Waals surface area (Å²) >= 11 is 0. The zero-order valence-electron chi connectivity index (χ0n) is 23.7. The zero-order chi connectivity index (χ0) is 28.7. The molecule has 2 aromatic carbocycles. The highest BCUT2D eigenvalue weighted by molar-refractivity contribution is 5.99. The quantitative estimate of drug-likeness (QED) is 0.372. The minimum Gasteiger partial charge on any atom is -0.508 e. The molecule has 0 aromatic heterocycles. The number of phenolic OH excluding ortho intramolecular Hbond substituents is 1. The highest BCUT2D eigenvalue weighted by atomic mass is 16.6. The van der Waals surface area contributed by atoms with Crippen molar-refractivity contribution in [1.29, 1.82) is 0 Å². The van der Waals surface area contributed by atoms with Gasteiger partial charge in [-0.3, -0.25) is 9.59 Å². The Hall–Kier alpha value is -3.75. The molecule has 3 N–H and O–H groups in total. The third-order valence-electron chi connectivity index (χ3n) is 6.97. The number of hydrogen-bond acceptors (Lipinski definition) is 6. The Morgan fingerprint density at radius 1 is 1.05 bits per heavy atom. The number of aromatic hydroxyl groups is 1. The number of rotatable bonds is 10. The van der Waals surface area contributed by atoms with Crippen molar-refractivity contribution in [3.05, 3.63) is 54.1 Å². The van der Waals surface area contributed by atoms with E-state index < -0.39 is 29.7 Å². The van der Waals surface area contributed by atoms with Crippen LogP contribution in [0, 0.1) is 5.92 Å². The van der Waals surface area contributed by atoms with Crippen LogP contribution >= 0.6 is 0 Å². The molecule has 2 aromatic rings. The maximum Gasteiger partial charge on any atom is 0.408 e. The van der Waals surface area contributed by atoms with Gasteiger partial charge >= 0.3 is 6.09 Å². The molecule has 0 saturated heterocycles. The van der Waals surface area contributed by atoms with Crippen molar-refractivity contribution in [3.63, 3.8) is 0 Å². The van der Waals surface area contributed by atoms with Gasteiger partial charge in [-0.05, 0) is 87.9 Å². The molecule has 3 unspecified atom stereocenters. The largest absolute Gasteiger partial charge is 0.508 e. The monoisotopic (exact) mass is 539 g/mol. The fourth-order valence-electron chi connectivity index (χ4n) is 4.44. The molecule has 1 fully saturated rings. The molecule has 39 heavy (non-hydrogen) atoms. The van der Waals surface area contributed by atoms with E-state index in [9.17, 15) is 19.5 Å². The van der Waals surface area contributed by atoms with Gasteiger partial charge in [0.15, 0.2) is 0 Å². The van der Waals surface area contributed by atoms with Crippen LogP contribution in [0.2, 0.25) is 0 Å². The van der Waals surface area contributed by atoms with Crippen LogP contribution in [0.15, 0.2) is 48.5 Å². The predicted molar refractivity (Wildman–Crippen MR) is 150 cm³/mol. The van der Waals surface area contributed by atoms with Crippen LogP contribution in [0.4, 0.5) is 10.5 Å². The van der Waals surface area contributed by atoms with Crippen LogP contribution in [-0.2, 0) is 14.3 Å². The van der Waals surface area contributed by atoms with Crippen molar-refractivity contribution in [2.45, 2.75) is 84.0 Å². The first-order valence-corrected chi connectivity index (χ1v) is 13.5. The maximum atomic E-state index is 14.3. The highest BCUT2D eigenvalue weighted by Gasteiger charge is 2.43. The molecular formula is C30H41N3O6. The molecule has 0 aliphatic heterocycles. The lowest BCUT2D eigenvalue weighted by Crippen LogP contribution is -2.58. The normalized spacial score (nSPS) is 15.7. The van der Waals surface area contributed by atoms with Gasteiger partial charge in [0, 0.05) is 11.7 Å². The van der Waals surface area contributed by atoms with Gasteiger partial charge in [0.25, 0.3) is 5.91 Å². The Kier molecular flexibility index (Phi) is 9.83. The van der Waals surface area contributed by atoms with Crippen molar-refractivity contribution in [2.75, 3.05) is 12.4 Å². The number of methoxy groups -OCH3 is 1. The zero-order valence-corrected chi connectivity index (χ0v) is 23.7. The van der Waals surface area contributed by atoms with Crippen LogP contribution in [-0.4, -0.2) is 52.7 Å². The lowest BCUT2D eigenvalue weighted by Gasteiger charge is -2.44. The number of hydrogen-bond donors (Lipinski definition) is 3. The smallest absolute Gasteiger partial charge is 0.408 e. The van der Waals surface area contributed by atoms with E-state index in [1.54, 1.807) is 69.2 Å². The fraction of sp³-hybridized carbons (Fsp3) is 0.500. The summed E-state index contributed by atoms with van der Waals surface area (Å²) in [6, 6.07) is 11.2. The lowest BCUT2D eigenvalue weighted by atomic mass is 9.86. The number of carbonyl (C=O) groups excluding carboxylic acids is 3. The Morgan fingerprint density at radius 3 is 2.15 bits per heavy atom. The molecule has 1 aliphatic rings. The lowest BCUT2D eigenvalue weighted by molar-refractivity contribution is -0.147. The maximum absolute atomic E-state index is 14.3. The molecule has 1 saturated carbocycles. The third kappa shape index (κ3) is 7.88. The number of alkyl carbamates (subject to hydrolysis) is 1. The van der Waals surface area contributed by atoms with Crippen LogP contribution in [0.1, 0.15) is 71.9 Å². The molecule has 0 radical (unpaired) electrons. The minimum absolute atomic E-state index is 0.0543. The number of nitrogens with one attached hydrogen (secondary N) is 2. The van der Waals surface area contributed by atoms with Gasteiger partial charge in [0.05, 0.1) is 7.11 Å². The van der Waals surface area contributed by atoms with E-state index in [2.05, 4.69) is 10.6 Å². The molecule has 0 heterocycles. The van der Waals surface area contributed by atoms with E-state index in [0.29, 0.717) is 23.4 Å². The summed E-state index contributed by atoms with van der Waals surface area (Å²) in [6.45, 7) is 9.13. The summed E-state index contributed by atoms with van der Waals surface area (Å²) < 4.78 is 10.7. The topological polar surface area (TPSA) is 117 Å². The Labute approximate surface area is 230 Å². The molecule has 0 bridgehead atoms. The van der Waals surface area contributed by atoms with Gasteiger partial charge < -0.3 is 30.1 Å². The molecule has 3 rings (SSSR count). The van der Waals surface area contributed by atoms with Crippen LogP contribution in [0.5, 0.6) is 11.5 Å². The number of benzene rings is 2. The molecule has 212 valence electrons. The minimum atomic E-state index is -0.988. The van der Waals surface area contributed by atoms with E-state index in [1.165, 1.54) is 12.1 Å². The van der Waals surface area contributed by atoms with E-state index in [0.717, 1.165) is 19.3 Å². The number of carbonyl (C=O) groups is 3. The molecule has 1 aliphatic carbocycles. The molecule has 9 nitrogen and oxygen atoms in total. The average molecular weight is 540 g/mol. The van der Waals surface area contributed by atoms with Gasteiger partial charge in [0.1, 0.15) is 29.2 Å². The van der Waals surface area contributed by atoms with E-state index in [-0.39, 0.29) is 23.6 Å². The number of anilines is 1. The molecule has 3 atom stereocenters. The SMILES string of the molecule is CCC(C)C(NC(=O)OC(C)(C)C)C(=O)N(C1CCC1)C(C(=O)Nc1ccc(OC)cc1)c1ccc(O)cc1. The van der Waals surface area contributed by atoms with Gasteiger partial charge in [-0.25, -0.2) is 4.79 Å². The summed E-state index contributed by atoms with van der Waals surface area (Å²) in [5.41, 5.74) is 0.378. The average Bonchev–Trinajstić information content (AvgIpc) is 2.85. The van der Waals surface area contributed by atoms with Crippen LogP contribution in [0.25, 0.3) is 0 Å². The van der Waals surface area contributed by atoms with Crippen molar-refractivity contribution in [1.82, 2.24) is 10.2 Å². The van der Waals surface area contributed by atoms with Crippen molar-refractivity contribution in [2.24, 2.45) is 5.92 Å². The second kappa shape index (κ2) is 12.9. The molecule has 3 amide bonds. The summed E-state index contributed by atoms with van der Waals surface area (Å²) in [6.07, 6.45) is 2.38. The highest BCUT2D eigenvalue weighted by Crippen LogP contribution is 2.35. The number of phenols is 1. The van der Waals surface area contributed by atoms with E-state index >= 15 is 0 Å². The summed E-state index contributed by atoms with van der Waals surface area (Å²) in [5.74, 6) is -0.246. The van der Waals surface area contributed by atoms with Gasteiger partial charge in [0.2, 0.25) is 5.91 Å². The van der Waals surface area contributed by atoms with Crippen molar-refractivity contribution < 1.29 is 29.0 Å². The van der Waals surface area contributed by atoms with Crippen LogP contribution < -0.4 is 15.4 Å². The van der Waals surface area contributed by atoms with Crippen LogP contribution in [0.3, 0.4) is 0 Å². The van der Waals surface area contributed by atoms with E-state index in [1.807, 2.05) is 13.8 Å². The number of ether oxygens (including phenoxy) is 2. The second-order valence-corrected chi connectivity index (χ2v) is 11.1. The van der Waals surface area contributed by atoms with Gasteiger partial charge in [-0.2, -0.15) is 0 Å². The summed E-state index contributed by atoms with van der Waals surface area (Å²) in [5, 5.41) is 15.6.